The van der Waals surface area contributed by atoms with Crippen LogP contribution in [0.5, 0.6) is 0 Å². The summed E-state index contributed by atoms with van der Waals surface area (Å²) in [7, 11) is 0. The van der Waals surface area contributed by atoms with Gasteiger partial charge in [0.05, 0.1) is 23.4 Å². The average molecular weight is 383 g/mol. The van der Waals surface area contributed by atoms with Crippen LogP contribution < -0.4 is 5.32 Å². The molecule has 1 heterocycles. The molecule has 1 N–H and O–H groups in total. The van der Waals surface area contributed by atoms with Crippen molar-refractivity contribution < 1.29 is 9.72 Å². The number of aromatic nitrogens is 2. The first-order valence-electron chi connectivity index (χ1n) is 8.00. The summed E-state index contributed by atoms with van der Waals surface area (Å²) in [6.07, 6.45) is 6.10. The maximum Gasteiger partial charge on any atom is 0.270 e. The number of amides is 1. The van der Waals surface area contributed by atoms with Gasteiger partial charge in [0.1, 0.15) is 0 Å². The SMILES string of the molecule is O=C(/C=C/c1cccc([N+](=O)[O-])c1)Nc1cnn(Cc2ccc(Cl)cc2)c1. The molecule has 0 saturated carbocycles. The van der Waals surface area contributed by atoms with Crippen molar-refractivity contribution in [3.05, 3.63) is 93.3 Å². The number of nitro benzene ring substituents is 1. The van der Waals surface area contributed by atoms with E-state index in [0.29, 0.717) is 22.8 Å². The molecule has 0 atom stereocenters. The molecule has 0 aliphatic carbocycles. The number of nitrogens with zero attached hydrogens (tertiary/aromatic N) is 3. The largest absolute Gasteiger partial charge is 0.320 e. The topological polar surface area (TPSA) is 90.1 Å². The van der Waals surface area contributed by atoms with Crippen molar-refractivity contribution in [3.8, 4) is 0 Å². The van der Waals surface area contributed by atoms with Gasteiger partial charge in [-0.15, -0.1) is 0 Å². The number of benzene rings is 2. The van der Waals surface area contributed by atoms with Crippen molar-refractivity contribution in [1.82, 2.24) is 9.78 Å². The van der Waals surface area contributed by atoms with Crippen molar-refractivity contribution in [2.24, 2.45) is 0 Å². The zero-order valence-corrected chi connectivity index (χ0v) is 14.8. The molecule has 0 bridgehead atoms. The summed E-state index contributed by atoms with van der Waals surface area (Å²) in [6, 6.07) is 13.5. The Kier molecular flexibility index (Phi) is 5.63. The fourth-order valence-electron chi connectivity index (χ4n) is 2.39. The van der Waals surface area contributed by atoms with Gasteiger partial charge in [-0.3, -0.25) is 19.6 Å². The van der Waals surface area contributed by atoms with Crippen LogP contribution in [0.1, 0.15) is 11.1 Å². The monoisotopic (exact) mass is 382 g/mol. The predicted molar refractivity (Wildman–Crippen MR) is 104 cm³/mol. The number of halogens is 1. The van der Waals surface area contributed by atoms with Crippen molar-refractivity contribution in [2.75, 3.05) is 5.32 Å². The third-order valence-corrected chi connectivity index (χ3v) is 3.92. The zero-order chi connectivity index (χ0) is 19.2. The number of carbonyl (C=O) groups is 1. The van der Waals surface area contributed by atoms with Crippen LogP contribution in [0.3, 0.4) is 0 Å². The Bertz CT molecular complexity index is 996. The molecule has 8 heteroatoms. The number of carbonyl (C=O) groups excluding carboxylic acids is 1. The summed E-state index contributed by atoms with van der Waals surface area (Å²) in [5.41, 5.74) is 2.13. The van der Waals surface area contributed by atoms with Crippen LogP contribution >= 0.6 is 11.6 Å². The summed E-state index contributed by atoms with van der Waals surface area (Å²) in [4.78, 5) is 22.3. The smallest absolute Gasteiger partial charge is 0.270 e. The molecular weight excluding hydrogens is 368 g/mol. The second-order valence-corrected chi connectivity index (χ2v) is 6.16. The molecule has 3 rings (SSSR count). The Balaban J connectivity index is 1.59. The predicted octanol–water partition coefficient (Wildman–Crippen LogP) is 4.14. The molecule has 2 aromatic carbocycles. The van der Waals surface area contributed by atoms with E-state index in [-0.39, 0.29) is 11.6 Å². The lowest BCUT2D eigenvalue weighted by molar-refractivity contribution is -0.384. The van der Waals surface area contributed by atoms with Crippen molar-refractivity contribution in [1.29, 1.82) is 0 Å². The number of anilines is 1. The van der Waals surface area contributed by atoms with Gasteiger partial charge in [0.2, 0.25) is 5.91 Å². The van der Waals surface area contributed by atoms with Gasteiger partial charge >= 0.3 is 0 Å². The first kappa shape index (κ1) is 18.3. The van der Waals surface area contributed by atoms with Crippen LogP contribution in [-0.4, -0.2) is 20.6 Å². The minimum atomic E-state index is -0.480. The molecule has 0 aliphatic rings. The normalized spacial score (nSPS) is 10.9. The number of rotatable bonds is 6. The van der Waals surface area contributed by atoms with Gasteiger partial charge in [-0.05, 0) is 29.3 Å². The van der Waals surface area contributed by atoms with Crippen LogP contribution in [0.15, 0.2) is 67.0 Å². The van der Waals surface area contributed by atoms with E-state index >= 15 is 0 Å². The molecule has 0 fully saturated rings. The van der Waals surface area contributed by atoms with Crippen LogP contribution in [0.2, 0.25) is 5.02 Å². The third-order valence-electron chi connectivity index (χ3n) is 3.67. The molecule has 3 aromatic rings. The van der Waals surface area contributed by atoms with Crippen LogP contribution in [0, 0.1) is 10.1 Å². The van der Waals surface area contributed by atoms with E-state index in [1.165, 1.54) is 24.3 Å². The van der Waals surface area contributed by atoms with Gasteiger partial charge in [0.25, 0.3) is 5.69 Å². The Morgan fingerprint density at radius 1 is 1.26 bits per heavy atom. The highest BCUT2D eigenvalue weighted by molar-refractivity contribution is 6.30. The van der Waals surface area contributed by atoms with Crippen LogP contribution in [-0.2, 0) is 11.3 Å². The Morgan fingerprint density at radius 2 is 2.04 bits per heavy atom. The molecule has 0 aliphatic heterocycles. The first-order chi connectivity index (χ1) is 13.0. The molecule has 0 spiro atoms. The van der Waals surface area contributed by atoms with Crippen molar-refractivity contribution >= 4 is 35.0 Å². The van der Waals surface area contributed by atoms with Gasteiger partial charge in [-0.2, -0.15) is 5.10 Å². The van der Waals surface area contributed by atoms with Gasteiger partial charge in [-0.25, -0.2) is 0 Å². The number of hydrogen-bond donors (Lipinski definition) is 1. The van der Waals surface area contributed by atoms with Crippen molar-refractivity contribution in [3.63, 3.8) is 0 Å². The van der Waals surface area contributed by atoms with Crippen LogP contribution in [0.4, 0.5) is 11.4 Å². The van der Waals surface area contributed by atoms with E-state index in [4.69, 9.17) is 11.6 Å². The Hall–Kier alpha value is -3.45. The summed E-state index contributed by atoms with van der Waals surface area (Å²) in [6.45, 7) is 0.552. The van der Waals surface area contributed by atoms with Gasteiger partial charge in [0, 0.05) is 29.4 Å². The molecule has 1 aromatic heterocycles. The molecule has 0 unspecified atom stereocenters. The number of nitrogens with one attached hydrogen (secondary N) is 1. The Morgan fingerprint density at radius 3 is 2.78 bits per heavy atom. The Labute approximate surface area is 160 Å². The molecular formula is C19H15ClN4O3. The lowest BCUT2D eigenvalue weighted by Gasteiger charge is -2.02. The molecule has 0 radical (unpaired) electrons. The fraction of sp³-hybridized carbons (Fsp3) is 0.0526. The fourth-order valence-corrected chi connectivity index (χ4v) is 2.52. The summed E-state index contributed by atoms with van der Waals surface area (Å²) >= 11 is 5.86. The molecule has 27 heavy (non-hydrogen) atoms. The first-order valence-corrected chi connectivity index (χ1v) is 8.38. The molecule has 136 valence electrons. The molecule has 1 amide bonds. The maximum atomic E-state index is 12.0. The van der Waals surface area contributed by atoms with Gasteiger partial charge in [0.15, 0.2) is 0 Å². The highest BCUT2D eigenvalue weighted by Gasteiger charge is 2.05. The summed E-state index contributed by atoms with van der Waals surface area (Å²) in [5, 5.41) is 18.3. The standard InChI is InChI=1S/C19H15ClN4O3/c20-16-7-4-15(5-8-16)12-23-13-17(11-21-23)22-19(25)9-6-14-2-1-3-18(10-14)24(26)27/h1-11,13H,12H2,(H,22,25)/b9-6+. The highest BCUT2D eigenvalue weighted by Crippen LogP contribution is 2.15. The summed E-state index contributed by atoms with van der Waals surface area (Å²) in [5.74, 6) is -0.354. The van der Waals surface area contributed by atoms with E-state index in [1.807, 2.05) is 24.3 Å². The molecule has 0 saturated heterocycles. The lowest BCUT2D eigenvalue weighted by Crippen LogP contribution is -2.07. The average Bonchev–Trinajstić information content (AvgIpc) is 3.09. The van der Waals surface area contributed by atoms with E-state index in [1.54, 1.807) is 29.2 Å². The lowest BCUT2D eigenvalue weighted by atomic mass is 10.2. The number of hydrogen-bond acceptors (Lipinski definition) is 4. The van der Waals surface area contributed by atoms with Crippen LogP contribution in [0.25, 0.3) is 6.08 Å². The number of non-ortho nitro benzene ring substituents is 1. The second-order valence-electron chi connectivity index (χ2n) is 5.73. The van der Waals surface area contributed by atoms with E-state index in [2.05, 4.69) is 10.4 Å². The van der Waals surface area contributed by atoms with Gasteiger partial charge in [-0.1, -0.05) is 35.9 Å². The number of nitro groups is 1. The van der Waals surface area contributed by atoms with E-state index in [9.17, 15) is 14.9 Å². The van der Waals surface area contributed by atoms with E-state index in [0.717, 1.165) is 5.56 Å². The zero-order valence-electron chi connectivity index (χ0n) is 14.1. The molecule has 7 nitrogen and oxygen atoms in total. The summed E-state index contributed by atoms with van der Waals surface area (Å²) < 4.78 is 1.70. The minimum absolute atomic E-state index is 0.0268. The minimum Gasteiger partial charge on any atom is -0.320 e. The third kappa shape index (κ3) is 5.26. The maximum absolute atomic E-state index is 12.0. The quantitative estimate of drug-likeness (QED) is 0.394. The van der Waals surface area contributed by atoms with E-state index < -0.39 is 4.92 Å². The van der Waals surface area contributed by atoms with Crippen molar-refractivity contribution in [2.45, 2.75) is 6.54 Å². The van der Waals surface area contributed by atoms with Gasteiger partial charge < -0.3 is 5.32 Å². The second kappa shape index (κ2) is 8.29. The highest BCUT2D eigenvalue weighted by atomic mass is 35.5.